The Bertz CT molecular complexity index is 725. The molecule has 0 atom stereocenters. The van der Waals surface area contributed by atoms with Crippen LogP contribution in [0.4, 0.5) is 0 Å². The van der Waals surface area contributed by atoms with Gasteiger partial charge in [0.05, 0.1) is 16.3 Å². The second kappa shape index (κ2) is 7.78. The fourth-order valence-corrected chi connectivity index (χ4v) is 2.04. The van der Waals surface area contributed by atoms with Crippen LogP contribution >= 0.6 is 23.2 Å². The fraction of sp³-hybridized carbons (Fsp3) is 0.0588. The van der Waals surface area contributed by atoms with E-state index in [0.717, 1.165) is 11.1 Å². The first-order valence-corrected chi connectivity index (χ1v) is 7.33. The molecule has 0 aliphatic rings. The highest BCUT2D eigenvalue weighted by molar-refractivity contribution is 6.42. The zero-order valence-electron chi connectivity index (χ0n) is 11.9. The molecule has 0 aliphatic heterocycles. The van der Waals surface area contributed by atoms with Crippen LogP contribution in [0.25, 0.3) is 6.08 Å². The predicted molar refractivity (Wildman–Crippen MR) is 92.5 cm³/mol. The van der Waals surface area contributed by atoms with Crippen molar-refractivity contribution < 1.29 is 4.79 Å². The number of amides is 1. The SMILES string of the molecule is CC(C=NNC(=O)c1ccc(Cl)c(Cl)c1)=Cc1ccccc1. The number of benzene rings is 2. The Balaban J connectivity index is 1.98. The third kappa shape index (κ3) is 4.72. The van der Waals surface area contributed by atoms with Crippen molar-refractivity contribution in [1.29, 1.82) is 0 Å². The second-order valence-electron chi connectivity index (χ2n) is 4.63. The van der Waals surface area contributed by atoms with Crippen molar-refractivity contribution in [3.8, 4) is 0 Å². The number of carbonyl (C=O) groups is 1. The summed E-state index contributed by atoms with van der Waals surface area (Å²) in [6.07, 6.45) is 3.55. The van der Waals surface area contributed by atoms with E-state index in [2.05, 4.69) is 10.5 Å². The van der Waals surface area contributed by atoms with Gasteiger partial charge in [0.15, 0.2) is 0 Å². The minimum Gasteiger partial charge on any atom is -0.267 e. The molecule has 1 amide bonds. The van der Waals surface area contributed by atoms with E-state index in [1.54, 1.807) is 18.3 Å². The Morgan fingerprint density at radius 3 is 2.50 bits per heavy atom. The van der Waals surface area contributed by atoms with Crippen molar-refractivity contribution in [2.75, 3.05) is 0 Å². The van der Waals surface area contributed by atoms with Crippen LogP contribution in [0.5, 0.6) is 0 Å². The van der Waals surface area contributed by atoms with E-state index in [1.165, 1.54) is 6.07 Å². The summed E-state index contributed by atoms with van der Waals surface area (Å²) in [5, 5.41) is 4.66. The van der Waals surface area contributed by atoms with Gasteiger partial charge in [-0.1, -0.05) is 59.6 Å². The molecule has 5 heteroatoms. The molecule has 0 aromatic heterocycles. The van der Waals surface area contributed by atoms with Gasteiger partial charge in [-0.3, -0.25) is 4.79 Å². The molecule has 3 nitrogen and oxygen atoms in total. The number of hydrogen-bond donors (Lipinski definition) is 1. The Hall–Kier alpha value is -2.10. The van der Waals surface area contributed by atoms with Crippen molar-refractivity contribution >= 4 is 41.4 Å². The number of nitrogens with zero attached hydrogens (tertiary/aromatic N) is 1. The topological polar surface area (TPSA) is 41.5 Å². The number of allylic oxidation sites excluding steroid dienone is 1. The molecule has 0 unspecified atom stereocenters. The van der Waals surface area contributed by atoms with Crippen molar-refractivity contribution in [2.24, 2.45) is 5.10 Å². The Morgan fingerprint density at radius 1 is 1.09 bits per heavy atom. The van der Waals surface area contributed by atoms with Gasteiger partial charge in [0, 0.05) is 5.56 Å². The lowest BCUT2D eigenvalue weighted by atomic mass is 10.1. The monoisotopic (exact) mass is 332 g/mol. The highest BCUT2D eigenvalue weighted by atomic mass is 35.5. The predicted octanol–water partition coefficient (Wildman–Crippen LogP) is 4.81. The van der Waals surface area contributed by atoms with E-state index < -0.39 is 0 Å². The van der Waals surface area contributed by atoms with Crippen LogP contribution in [0.3, 0.4) is 0 Å². The van der Waals surface area contributed by atoms with Gasteiger partial charge in [0.2, 0.25) is 0 Å². The summed E-state index contributed by atoms with van der Waals surface area (Å²) in [5.74, 6) is -0.345. The molecule has 0 fully saturated rings. The van der Waals surface area contributed by atoms with Gasteiger partial charge in [-0.25, -0.2) is 5.43 Å². The molecule has 0 saturated heterocycles. The molecule has 0 aliphatic carbocycles. The minimum atomic E-state index is -0.345. The molecule has 22 heavy (non-hydrogen) atoms. The molecule has 0 saturated carbocycles. The molecule has 0 radical (unpaired) electrons. The summed E-state index contributed by atoms with van der Waals surface area (Å²) in [6.45, 7) is 1.90. The Kier molecular flexibility index (Phi) is 5.75. The third-order valence-corrected chi connectivity index (χ3v) is 3.55. The van der Waals surface area contributed by atoms with Crippen molar-refractivity contribution in [3.05, 3.63) is 75.3 Å². The normalized spacial score (nSPS) is 11.7. The zero-order chi connectivity index (χ0) is 15.9. The lowest BCUT2D eigenvalue weighted by Crippen LogP contribution is -2.17. The van der Waals surface area contributed by atoms with Crippen molar-refractivity contribution in [2.45, 2.75) is 6.92 Å². The summed E-state index contributed by atoms with van der Waals surface area (Å²) in [5.41, 5.74) is 4.84. The van der Waals surface area contributed by atoms with E-state index in [9.17, 15) is 4.79 Å². The maximum absolute atomic E-state index is 11.9. The van der Waals surface area contributed by atoms with Gasteiger partial charge in [0.25, 0.3) is 5.91 Å². The van der Waals surface area contributed by atoms with Crippen LogP contribution < -0.4 is 5.43 Å². The lowest BCUT2D eigenvalue weighted by molar-refractivity contribution is 0.0955. The highest BCUT2D eigenvalue weighted by Crippen LogP contribution is 2.22. The average Bonchev–Trinajstić information content (AvgIpc) is 2.51. The van der Waals surface area contributed by atoms with Crippen LogP contribution in [0.1, 0.15) is 22.8 Å². The number of nitrogens with one attached hydrogen (secondary N) is 1. The summed E-state index contributed by atoms with van der Waals surface area (Å²) < 4.78 is 0. The van der Waals surface area contributed by atoms with Crippen LogP contribution in [-0.4, -0.2) is 12.1 Å². The van der Waals surface area contributed by atoms with E-state index >= 15 is 0 Å². The Labute approximate surface area is 139 Å². The van der Waals surface area contributed by atoms with Gasteiger partial charge < -0.3 is 0 Å². The lowest BCUT2D eigenvalue weighted by Gasteiger charge is -2.01. The second-order valence-corrected chi connectivity index (χ2v) is 5.44. The van der Waals surface area contributed by atoms with E-state index in [0.29, 0.717) is 15.6 Å². The molecule has 112 valence electrons. The Morgan fingerprint density at radius 2 is 1.82 bits per heavy atom. The van der Waals surface area contributed by atoms with Gasteiger partial charge >= 0.3 is 0 Å². The smallest absolute Gasteiger partial charge is 0.267 e. The molecular formula is C17H14Cl2N2O. The number of rotatable bonds is 4. The van der Waals surface area contributed by atoms with E-state index in [1.807, 2.05) is 43.3 Å². The van der Waals surface area contributed by atoms with E-state index in [-0.39, 0.29) is 5.91 Å². The first kappa shape index (κ1) is 16.3. The number of hydrazone groups is 1. The molecule has 0 heterocycles. The number of hydrogen-bond acceptors (Lipinski definition) is 2. The van der Waals surface area contributed by atoms with Gasteiger partial charge in [-0.15, -0.1) is 0 Å². The summed E-state index contributed by atoms with van der Waals surface area (Å²) in [6, 6.07) is 14.5. The molecular weight excluding hydrogens is 319 g/mol. The van der Waals surface area contributed by atoms with Crippen molar-refractivity contribution in [1.82, 2.24) is 5.43 Å². The van der Waals surface area contributed by atoms with Crippen LogP contribution in [0.15, 0.2) is 59.2 Å². The summed E-state index contributed by atoms with van der Waals surface area (Å²) in [4.78, 5) is 11.9. The average molecular weight is 333 g/mol. The van der Waals surface area contributed by atoms with Gasteiger partial charge in [-0.05, 0) is 36.3 Å². The third-order valence-electron chi connectivity index (χ3n) is 2.81. The highest BCUT2D eigenvalue weighted by Gasteiger charge is 2.06. The molecule has 2 aromatic carbocycles. The molecule has 2 rings (SSSR count). The fourth-order valence-electron chi connectivity index (χ4n) is 1.74. The molecule has 2 aromatic rings. The largest absolute Gasteiger partial charge is 0.271 e. The van der Waals surface area contributed by atoms with Gasteiger partial charge in [0.1, 0.15) is 0 Å². The number of halogens is 2. The standard InChI is InChI=1S/C17H14Cl2N2O/c1-12(9-13-5-3-2-4-6-13)11-20-21-17(22)14-7-8-15(18)16(19)10-14/h2-11H,1H3,(H,21,22). The summed E-state index contributed by atoms with van der Waals surface area (Å²) >= 11 is 11.7. The molecule has 0 spiro atoms. The first-order valence-electron chi connectivity index (χ1n) is 6.58. The maximum atomic E-state index is 11.9. The van der Waals surface area contributed by atoms with Crippen LogP contribution in [0.2, 0.25) is 10.0 Å². The van der Waals surface area contributed by atoms with Gasteiger partial charge in [-0.2, -0.15) is 5.10 Å². The quantitative estimate of drug-likeness (QED) is 0.633. The van der Waals surface area contributed by atoms with Crippen LogP contribution in [0, 0.1) is 0 Å². The summed E-state index contributed by atoms with van der Waals surface area (Å²) in [7, 11) is 0. The number of carbonyl (C=O) groups excluding carboxylic acids is 1. The zero-order valence-corrected chi connectivity index (χ0v) is 13.4. The first-order chi connectivity index (χ1) is 10.6. The van der Waals surface area contributed by atoms with E-state index in [4.69, 9.17) is 23.2 Å². The van der Waals surface area contributed by atoms with Crippen molar-refractivity contribution in [3.63, 3.8) is 0 Å². The maximum Gasteiger partial charge on any atom is 0.271 e. The minimum absolute atomic E-state index is 0.332. The molecule has 0 bridgehead atoms. The van der Waals surface area contributed by atoms with Crippen LogP contribution in [-0.2, 0) is 0 Å². The molecule has 1 N–H and O–H groups in total.